The molecule has 0 aromatic heterocycles. The van der Waals surface area contributed by atoms with E-state index in [2.05, 4.69) is 69.0 Å². The van der Waals surface area contributed by atoms with Crippen molar-refractivity contribution in [2.75, 3.05) is 18.6 Å². The van der Waals surface area contributed by atoms with Crippen LogP contribution in [0.5, 0.6) is 5.75 Å². The van der Waals surface area contributed by atoms with E-state index in [4.69, 9.17) is 9.73 Å². The first kappa shape index (κ1) is 23.1. The normalized spacial score (nSPS) is 32.8. The number of aliphatic imine (C=N–C) groups is 1. The second-order valence-corrected chi connectivity index (χ2v) is 12.8. The Balaban J connectivity index is 1.26. The van der Waals surface area contributed by atoms with Crippen molar-refractivity contribution in [2.45, 2.75) is 89.5 Å². The molecule has 1 heterocycles. The zero-order chi connectivity index (χ0) is 24.4. The number of ether oxygens (including phenoxy) is 1. The minimum atomic E-state index is 0.153. The van der Waals surface area contributed by atoms with Crippen molar-refractivity contribution in [3.8, 4) is 5.75 Å². The van der Waals surface area contributed by atoms with Crippen molar-refractivity contribution in [2.24, 2.45) is 22.7 Å². The zero-order valence-corrected chi connectivity index (χ0v) is 22.3. The van der Waals surface area contributed by atoms with Crippen molar-refractivity contribution in [1.82, 2.24) is 0 Å². The fourth-order valence-corrected chi connectivity index (χ4v) is 8.91. The largest absolute Gasteiger partial charge is 0.496 e. The molecular weight excluding hydrogens is 428 g/mol. The molecule has 7 rings (SSSR count). The second kappa shape index (κ2) is 8.39. The first-order valence-corrected chi connectivity index (χ1v) is 13.9. The molecule has 3 nitrogen and oxygen atoms in total. The molecule has 4 saturated carbocycles. The molecule has 2 aromatic rings. The van der Waals surface area contributed by atoms with Crippen LogP contribution in [0.1, 0.15) is 95.2 Å². The number of anilines is 1. The summed E-state index contributed by atoms with van der Waals surface area (Å²) in [5.74, 6) is 4.35. The van der Waals surface area contributed by atoms with Crippen molar-refractivity contribution in [1.29, 1.82) is 0 Å². The van der Waals surface area contributed by atoms with Crippen molar-refractivity contribution in [3.63, 3.8) is 0 Å². The van der Waals surface area contributed by atoms with Gasteiger partial charge in [0.25, 0.3) is 0 Å². The van der Waals surface area contributed by atoms with Crippen LogP contribution in [0.4, 0.5) is 11.4 Å². The Morgan fingerprint density at radius 1 is 0.971 bits per heavy atom. The van der Waals surface area contributed by atoms with E-state index in [1.807, 2.05) is 6.21 Å². The van der Waals surface area contributed by atoms with E-state index in [0.717, 1.165) is 47.7 Å². The Kier molecular flexibility index (Phi) is 5.54. The van der Waals surface area contributed by atoms with Gasteiger partial charge in [-0.2, -0.15) is 0 Å². The number of nitrogens with zero attached hydrogens (tertiary/aromatic N) is 2. The standard InChI is InChI=1S/C32H42N2O/c1-6-34-29-15-30(35-5)25(14-28(29)21(2)16-31(34,3)4)20-33-27-9-7-26(8-10-27)32-17-22-11-23(18-32)13-24(12-22)19-32/h7-10,14-15,20-24H,6,11-13,16-19H2,1-5H3. The van der Waals surface area contributed by atoms with Crippen LogP contribution in [0.25, 0.3) is 0 Å². The Morgan fingerprint density at radius 2 is 1.60 bits per heavy atom. The third-order valence-corrected chi connectivity index (χ3v) is 9.92. The molecule has 3 heteroatoms. The monoisotopic (exact) mass is 470 g/mol. The molecular formula is C32H42N2O. The third kappa shape index (κ3) is 3.90. The summed E-state index contributed by atoms with van der Waals surface area (Å²) >= 11 is 0. The summed E-state index contributed by atoms with van der Waals surface area (Å²) in [4.78, 5) is 7.42. The summed E-state index contributed by atoms with van der Waals surface area (Å²) in [5, 5.41) is 0. The highest BCUT2D eigenvalue weighted by molar-refractivity contribution is 5.87. The van der Waals surface area contributed by atoms with Gasteiger partial charge in [-0.1, -0.05) is 19.1 Å². The molecule has 1 unspecified atom stereocenters. The van der Waals surface area contributed by atoms with Crippen molar-refractivity contribution < 1.29 is 4.74 Å². The smallest absolute Gasteiger partial charge is 0.129 e. The molecule has 4 aliphatic carbocycles. The summed E-state index contributed by atoms with van der Waals surface area (Å²) in [6, 6.07) is 13.8. The Hall–Kier alpha value is -2.29. The van der Waals surface area contributed by atoms with Gasteiger partial charge < -0.3 is 9.64 Å². The SMILES string of the molecule is CCN1c2cc(OC)c(C=Nc3ccc(C45CC6CC(CC(C6)C4)C5)cc3)cc2C(C)CC1(C)C. The molecule has 2 aromatic carbocycles. The number of hydrogen-bond donors (Lipinski definition) is 0. The maximum absolute atomic E-state index is 5.84. The first-order chi connectivity index (χ1) is 16.8. The fourth-order valence-electron chi connectivity index (χ4n) is 8.91. The van der Waals surface area contributed by atoms with E-state index in [0.29, 0.717) is 11.3 Å². The van der Waals surface area contributed by atoms with Crippen LogP contribution >= 0.6 is 0 Å². The molecule has 4 bridgehead atoms. The highest BCUT2D eigenvalue weighted by atomic mass is 16.5. The van der Waals surface area contributed by atoms with Gasteiger partial charge in [-0.25, -0.2) is 0 Å². The topological polar surface area (TPSA) is 24.8 Å². The molecule has 186 valence electrons. The van der Waals surface area contributed by atoms with Crippen LogP contribution in [0.3, 0.4) is 0 Å². The zero-order valence-electron chi connectivity index (χ0n) is 22.3. The fraction of sp³-hybridized carbons (Fsp3) is 0.594. The molecule has 5 aliphatic rings. The molecule has 0 amide bonds. The molecule has 4 fully saturated rings. The average molecular weight is 471 g/mol. The van der Waals surface area contributed by atoms with Crippen LogP contribution in [0, 0.1) is 17.8 Å². The highest BCUT2D eigenvalue weighted by Gasteiger charge is 2.51. The predicted molar refractivity (Wildman–Crippen MR) is 147 cm³/mol. The van der Waals surface area contributed by atoms with Gasteiger partial charge in [0.2, 0.25) is 0 Å². The molecule has 0 radical (unpaired) electrons. The van der Waals surface area contributed by atoms with Gasteiger partial charge in [0.05, 0.1) is 12.8 Å². The van der Waals surface area contributed by atoms with E-state index in [1.54, 1.807) is 12.7 Å². The summed E-state index contributed by atoms with van der Waals surface area (Å²) in [5.41, 5.74) is 6.99. The van der Waals surface area contributed by atoms with E-state index >= 15 is 0 Å². The number of methoxy groups -OCH3 is 1. The molecule has 1 aliphatic heterocycles. The highest BCUT2D eigenvalue weighted by Crippen LogP contribution is 2.60. The molecule has 0 spiro atoms. The number of rotatable bonds is 5. The van der Waals surface area contributed by atoms with E-state index < -0.39 is 0 Å². The van der Waals surface area contributed by atoms with Gasteiger partial charge in [-0.05, 0) is 124 Å². The molecule has 0 N–H and O–H groups in total. The van der Waals surface area contributed by atoms with Crippen molar-refractivity contribution >= 4 is 17.6 Å². The lowest BCUT2D eigenvalue weighted by molar-refractivity contribution is -0.00518. The summed E-state index contributed by atoms with van der Waals surface area (Å²) in [7, 11) is 1.77. The molecule has 35 heavy (non-hydrogen) atoms. The Morgan fingerprint density at radius 3 is 2.17 bits per heavy atom. The molecule has 0 saturated heterocycles. The van der Waals surface area contributed by atoms with Crippen LogP contribution < -0.4 is 9.64 Å². The minimum Gasteiger partial charge on any atom is -0.496 e. The Bertz CT molecular complexity index is 1090. The van der Waals surface area contributed by atoms with Crippen LogP contribution in [0.15, 0.2) is 41.4 Å². The second-order valence-electron chi connectivity index (χ2n) is 12.8. The lowest BCUT2D eigenvalue weighted by atomic mass is 9.48. The number of hydrogen-bond acceptors (Lipinski definition) is 3. The summed E-state index contributed by atoms with van der Waals surface area (Å²) < 4.78 is 5.84. The average Bonchev–Trinajstić information content (AvgIpc) is 2.81. The lowest BCUT2D eigenvalue weighted by Gasteiger charge is -2.57. The number of benzene rings is 2. The van der Waals surface area contributed by atoms with Crippen LogP contribution in [-0.2, 0) is 5.41 Å². The maximum Gasteiger partial charge on any atom is 0.129 e. The van der Waals surface area contributed by atoms with E-state index in [9.17, 15) is 0 Å². The first-order valence-electron chi connectivity index (χ1n) is 13.9. The lowest BCUT2D eigenvalue weighted by Crippen LogP contribution is -2.48. The van der Waals surface area contributed by atoms with Gasteiger partial charge >= 0.3 is 0 Å². The van der Waals surface area contributed by atoms with Gasteiger partial charge in [0.1, 0.15) is 5.75 Å². The molecule has 1 atom stereocenters. The van der Waals surface area contributed by atoms with Crippen molar-refractivity contribution in [3.05, 3.63) is 53.1 Å². The van der Waals surface area contributed by atoms with Crippen LogP contribution in [0.2, 0.25) is 0 Å². The predicted octanol–water partition coefficient (Wildman–Crippen LogP) is 8.03. The van der Waals surface area contributed by atoms with Gasteiger partial charge in [-0.3, -0.25) is 4.99 Å². The quantitative estimate of drug-likeness (QED) is 0.413. The van der Waals surface area contributed by atoms with Gasteiger partial charge in [-0.15, -0.1) is 0 Å². The van der Waals surface area contributed by atoms with Crippen LogP contribution in [-0.4, -0.2) is 25.4 Å². The maximum atomic E-state index is 5.84. The van der Waals surface area contributed by atoms with Gasteiger partial charge in [0.15, 0.2) is 0 Å². The number of fused-ring (bicyclic) bond motifs is 1. The van der Waals surface area contributed by atoms with E-state index in [-0.39, 0.29) is 5.54 Å². The summed E-state index contributed by atoms with van der Waals surface area (Å²) in [6.07, 6.45) is 11.9. The van der Waals surface area contributed by atoms with Gasteiger partial charge in [0, 0.05) is 35.6 Å². The third-order valence-electron chi connectivity index (χ3n) is 9.92. The Labute approximate surface area is 212 Å². The van der Waals surface area contributed by atoms with E-state index in [1.165, 1.54) is 49.8 Å². The minimum absolute atomic E-state index is 0.153. The summed E-state index contributed by atoms with van der Waals surface area (Å²) in [6.45, 7) is 10.3.